The van der Waals surface area contributed by atoms with Crippen molar-refractivity contribution in [3.8, 4) is 11.6 Å². The van der Waals surface area contributed by atoms with E-state index in [1.54, 1.807) is 24.4 Å². The van der Waals surface area contributed by atoms with E-state index in [0.717, 1.165) is 29.1 Å². The lowest BCUT2D eigenvalue weighted by Crippen LogP contribution is -2.23. The summed E-state index contributed by atoms with van der Waals surface area (Å²) in [5.41, 5.74) is 4.13. The molecule has 0 atom stereocenters. The van der Waals surface area contributed by atoms with Crippen molar-refractivity contribution in [2.45, 2.75) is 53.6 Å². The van der Waals surface area contributed by atoms with Crippen molar-refractivity contribution < 1.29 is 13.9 Å². The van der Waals surface area contributed by atoms with Crippen molar-refractivity contribution in [1.82, 2.24) is 20.1 Å². The summed E-state index contributed by atoms with van der Waals surface area (Å²) in [6.07, 6.45) is 2.71. The molecule has 1 aromatic carbocycles. The van der Waals surface area contributed by atoms with Gasteiger partial charge in [0.25, 0.3) is 0 Å². The highest BCUT2D eigenvalue weighted by molar-refractivity contribution is 5.76. The summed E-state index contributed by atoms with van der Waals surface area (Å²) >= 11 is 0. The van der Waals surface area contributed by atoms with Crippen LogP contribution in [0.25, 0.3) is 0 Å². The molecule has 0 unspecified atom stereocenters. The second kappa shape index (κ2) is 10.2. The summed E-state index contributed by atoms with van der Waals surface area (Å²) < 4.78 is 20.8. The molecule has 1 N–H and O–H groups in total. The summed E-state index contributed by atoms with van der Waals surface area (Å²) in [5.74, 6) is 0.888. The normalized spacial score (nSPS) is 11.0. The molecule has 3 aromatic rings. The number of pyridine rings is 1. The van der Waals surface area contributed by atoms with Crippen molar-refractivity contribution in [2.75, 3.05) is 0 Å². The summed E-state index contributed by atoms with van der Waals surface area (Å²) in [5, 5.41) is 7.54. The fraction of sp³-hybridized carbons (Fsp3) is 0.375. The molecular weight excluding hydrogens is 395 g/mol. The molecule has 31 heavy (non-hydrogen) atoms. The Labute approximate surface area is 182 Å². The molecule has 0 saturated carbocycles. The molecule has 0 spiro atoms. The molecule has 6 nitrogen and oxygen atoms in total. The van der Waals surface area contributed by atoms with Crippen LogP contribution in [0.15, 0.2) is 42.6 Å². The number of aromatic nitrogens is 3. The minimum Gasteiger partial charge on any atom is -0.439 e. The smallest absolute Gasteiger partial charge is 0.220 e. The summed E-state index contributed by atoms with van der Waals surface area (Å²) in [6.45, 7) is 9.66. The first-order valence-corrected chi connectivity index (χ1v) is 10.5. The van der Waals surface area contributed by atoms with Crippen LogP contribution in [0.5, 0.6) is 11.6 Å². The Hall–Kier alpha value is -3.22. The Morgan fingerprint density at radius 3 is 2.71 bits per heavy atom. The highest BCUT2D eigenvalue weighted by atomic mass is 19.1. The van der Waals surface area contributed by atoms with Gasteiger partial charge in [0.15, 0.2) is 0 Å². The Bertz CT molecular complexity index is 1030. The molecule has 0 bridgehead atoms. The second-order valence-corrected chi connectivity index (χ2v) is 8.07. The fourth-order valence-corrected chi connectivity index (χ4v) is 3.37. The third-order valence-corrected chi connectivity index (χ3v) is 4.98. The maximum atomic E-state index is 13.2. The van der Waals surface area contributed by atoms with Crippen molar-refractivity contribution in [2.24, 2.45) is 5.92 Å². The van der Waals surface area contributed by atoms with Gasteiger partial charge in [0.05, 0.1) is 5.69 Å². The molecule has 3 rings (SSSR count). The van der Waals surface area contributed by atoms with E-state index in [9.17, 15) is 9.18 Å². The standard InChI is InChI=1S/C24H29FN4O2/c1-16(2)15-29-18(4)22(17(3)28-29)9-10-23(30)26-13-19-8-11-24(27-14-19)31-21-7-5-6-20(25)12-21/h5-8,11-12,14,16H,9-10,13,15H2,1-4H3,(H,26,30). The van der Waals surface area contributed by atoms with E-state index < -0.39 is 0 Å². The third-order valence-electron chi connectivity index (χ3n) is 4.98. The van der Waals surface area contributed by atoms with E-state index in [4.69, 9.17) is 4.74 Å². The molecule has 0 aliphatic heterocycles. The first-order valence-electron chi connectivity index (χ1n) is 10.5. The molecule has 7 heteroatoms. The summed E-state index contributed by atoms with van der Waals surface area (Å²) in [4.78, 5) is 16.5. The van der Waals surface area contributed by atoms with Crippen LogP contribution in [-0.4, -0.2) is 20.7 Å². The lowest BCUT2D eigenvalue weighted by atomic mass is 10.1. The predicted molar refractivity (Wildman–Crippen MR) is 117 cm³/mol. The van der Waals surface area contributed by atoms with Crippen LogP contribution in [0, 0.1) is 25.6 Å². The van der Waals surface area contributed by atoms with Crippen molar-refractivity contribution >= 4 is 5.91 Å². The van der Waals surface area contributed by atoms with E-state index in [-0.39, 0.29) is 11.7 Å². The first kappa shape index (κ1) is 22.5. The Kier molecular flexibility index (Phi) is 7.39. The quantitative estimate of drug-likeness (QED) is 0.539. The number of benzene rings is 1. The molecule has 2 aromatic heterocycles. The minimum atomic E-state index is -0.366. The van der Waals surface area contributed by atoms with Crippen LogP contribution >= 0.6 is 0 Å². The number of aryl methyl sites for hydroxylation is 1. The first-order chi connectivity index (χ1) is 14.8. The van der Waals surface area contributed by atoms with Gasteiger partial charge in [-0.15, -0.1) is 0 Å². The van der Waals surface area contributed by atoms with E-state index in [2.05, 4.69) is 36.2 Å². The van der Waals surface area contributed by atoms with Crippen LogP contribution in [0.4, 0.5) is 4.39 Å². The number of carbonyl (C=O) groups is 1. The van der Waals surface area contributed by atoms with Gasteiger partial charge in [-0.3, -0.25) is 9.48 Å². The number of ether oxygens (including phenoxy) is 1. The van der Waals surface area contributed by atoms with Gasteiger partial charge < -0.3 is 10.1 Å². The average molecular weight is 425 g/mol. The van der Waals surface area contributed by atoms with Crippen LogP contribution in [-0.2, 0) is 24.3 Å². The molecule has 1 amide bonds. The molecule has 0 radical (unpaired) electrons. The molecule has 0 aliphatic rings. The Morgan fingerprint density at radius 2 is 2.03 bits per heavy atom. The minimum absolute atomic E-state index is 0.0181. The number of hydrogen-bond acceptors (Lipinski definition) is 4. The van der Waals surface area contributed by atoms with Crippen LogP contribution < -0.4 is 10.1 Å². The van der Waals surface area contributed by atoms with E-state index in [0.29, 0.717) is 36.9 Å². The monoisotopic (exact) mass is 424 g/mol. The Balaban J connectivity index is 1.48. The van der Waals surface area contributed by atoms with Crippen LogP contribution in [0.2, 0.25) is 0 Å². The SMILES string of the molecule is Cc1nn(CC(C)C)c(C)c1CCC(=O)NCc1ccc(Oc2cccc(F)c2)nc1. The van der Waals surface area contributed by atoms with Crippen LogP contribution in [0.1, 0.15) is 42.8 Å². The zero-order valence-electron chi connectivity index (χ0n) is 18.5. The van der Waals surface area contributed by atoms with E-state index in [1.807, 2.05) is 17.7 Å². The number of hydrogen-bond donors (Lipinski definition) is 1. The van der Waals surface area contributed by atoms with Gasteiger partial charge >= 0.3 is 0 Å². The fourth-order valence-electron chi connectivity index (χ4n) is 3.37. The van der Waals surface area contributed by atoms with Crippen molar-refractivity contribution in [3.05, 3.63) is 70.9 Å². The van der Waals surface area contributed by atoms with Crippen LogP contribution in [0.3, 0.4) is 0 Å². The summed E-state index contributed by atoms with van der Waals surface area (Å²) in [6, 6.07) is 9.41. The molecule has 0 fully saturated rings. The number of halogens is 1. The number of amides is 1. The topological polar surface area (TPSA) is 69.0 Å². The highest BCUT2D eigenvalue weighted by Gasteiger charge is 2.14. The highest BCUT2D eigenvalue weighted by Crippen LogP contribution is 2.20. The number of rotatable bonds is 9. The van der Waals surface area contributed by atoms with E-state index >= 15 is 0 Å². The van der Waals surface area contributed by atoms with Gasteiger partial charge in [-0.05, 0) is 49.4 Å². The predicted octanol–water partition coefficient (Wildman–Crippen LogP) is 4.73. The molecule has 0 aliphatic carbocycles. The van der Waals surface area contributed by atoms with Gasteiger partial charge in [-0.1, -0.05) is 26.0 Å². The maximum Gasteiger partial charge on any atom is 0.220 e. The van der Waals surface area contributed by atoms with Gasteiger partial charge in [-0.2, -0.15) is 5.10 Å². The van der Waals surface area contributed by atoms with Gasteiger partial charge in [0.1, 0.15) is 11.6 Å². The van der Waals surface area contributed by atoms with Crippen molar-refractivity contribution in [3.63, 3.8) is 0 Å². The third kappa shape index (κ3) is 6.38. The molecular formula is C24H29FN4O2. The second-order valence-electron chi connectivity index (χ2n) is 8.07. The summed E-state index contributed by atoms with van der Waals surface area (Å²) in [7, 11) is 0. The van der Waals surface area contributed by atoms with Crippen molar-refractivity contribution in [1.29, 1.82) is 0 Å². The van der Waals surface area contributed by atoms with Gasteiger partial charge in [0, 0.05) is 43.5 Å². The van der Waals surface area contributed by atoms with Gasteiger partial charge in [-0.25, -0.2) is 9.37 Å². The number of carbonyl (C=O) groups excluding carboxylic acids is 1. The lowest BCUT2D eigenvalue weighted by Gasteiger charge is -2.09. The van der Waals surface area contributed by atoms with E-state index in [1.165, 1.54) is 12.1 Å². The molecule has 0 saturated heterocycles. The zero-order valence-corrected chi connectivity index (χ0v) is 18.5. The lowest BCUT2D eigenvalue weighted by molar-refractivity contribution is -0.121. The molecule has 164 valence electrons. The number of nitrogens with zero attached hydrogens (tertiary/aromatic N) is 3. The molecule has 2 heterocycles. The number of nitrogens with one attached hydrogen (secondary N) is 1. The zero-order chi connectivity index (χ0) is 22.4. The Morgan fingerprint density at radius 1 is 1.23 bits per heavy atom. The maximum absolute atomic E-state index is 13.2. The largest absolute Gasteiger partial charge is 0.439 e. The average Bonchev–Trinajstić information content (AvgIpc) is 2.98. The van der Waals surface area contributed by atoms with Gasteiger partial charge in [0.2, 0.25) is 11.8 Å².